The van der Waals surface area contributed by atoms with Gasteiger partial charge in [0, 0.05) is 0 Å². The molecule has 0 N–H and O–H groups in total. The van der Waals surface area contributed by atoms with E-state index in [0.717, 1.165) is 11.8 Å². The van der Waals surface area contributed by atoms with Crippen LogP contribution in [-0.2, 0) is 4.43 Å². The Balaban J connectivity index is 3.92. The van der Waals surface area contributed by atoms with Crippen LogP contribution in [-0.4, -0.2) is 16.4 Å². The standard InChI is InChI=1S/C9H22OSi2/c1-9(8-11(2,3)4)10-12(5,6)7/h1,8H2,2-7H3. The fourth-order valence-electron chi connectivity index (χ4n) is 1.06. The Morgan fingerprint density at radius 2 is 1.50 bits per heavy atom. The summed E-state index contributed by atoms with van der Waals surface area (Å²) >= 11 is 0. The van der Waals surface area contributed by atoms with Crippen molar-refractivity contribution in [3.8, 4) is 0 Å². The topological polar surface area (TPSA) is 9.23 Å². The molecule has 0 aromatic heterocycles. The van der Waals surface area contributed by atoms with E-state index >= 15 is 0 Å². The first kappa shape index (κ1) is 12.0. The van der Waals surface area contributed by atoms with E-state index in [1.54, 1.807) is 0 Å². The van der Waals surface area contributed by atoms with Crippen molar-refractivity contribution >= 4 is 16.4 Å². The van der Waals surface area contributed by atoms with Crippen molar-refractivity contribution < 1.29 is 4.43 Å². The molecule has 72 valence electrons. The molecule has 3 heteroatoms. The van der Waals surface area contributed by atoms with Gasteiger partial charge in [-0.15, -0.1) is 0 Å². The summed E-state index contributed by atoms with van der Waals surface area (Å²) in [5.41, 5.74) is 0. The molecular weight excluding hydrogens is 180 g/mol. The van der Waals surface area contributed by atoms with Gasteiger partial charge < -0.3 is 4.43 Å². The number of allylic oxidation sites excluding steroid dienone is 1. The molecule has 12 heavy (non-hydrogen) atoms. The van der Waals surface area contributed by atoms with Gasteiger partial charge in [0.15, 0.2) is 0 Å². The Morgan fingerprint density at radius 1 is 1.08 bits per heavy atom. The lowest BCUT2D eigenvalue weighted by Gasteiger charge is -2.25. The summed E-state index contributed by atoms with van der Waals surface area (Å²) in [4.78, 5) is 0. The van der Waals surface area contributed by atoms with Crippen LogP contribution in [0, 0.1) is 0 Å². The maximum absolute atomic E-state index is 5.79. The molecule has 0 spiro atoms. The zero-order chi connectivity index (χ0) is 9.99. The number of hydrogen-bond acceptors (Lipinski definition) is 1. The first-order valence-electron chi connectivity index (χ1n) is 4.47. The van der Waals surface area contributed by atoms with Gasteiger partial charge in [-0.25, -0.2) is 0 Å². The smallest absolute Gasteiger partial charge is 0.241 e. The predicted molar refractivity (Wildman–Crippen MR) is 61.7 cm³/mol. The quantitative estimate of drug-likeness (QED) is 0.499. The molecule has 1 nitrogen and oxygen atoms in total. The van der Waals surface area contributed by atoms with Gasteiger partial charge in [0.2, 0.25) is 8.32 Å². The second-order valence-corrected chi connectivity index (χ2v) is 15.4. The third kappa shape index (κ3) is 8.07. The van der Waals surface area contributed by atoms with Gasteiger partial charge >= 0.3 is 0 Å². The van der Waals surface area contributed by atoms with Crippen molar-refractivity contribution in [3.05, 3.63) is 12.3 Å². The molecular formula is C9H22OSi2. The zero-order valence-electron chi connectivity index (χ0n) is 9.32. The molecule has 0 radical (unpaired) electrons. The maximum atomic E-state index is 5.79. The normalized spacial score (nSPS) is 12.8. The molecule has 0 amide bonds. The van der Waals surface area contributed by atoms with Gasteiger partial charge in [-0.3, -0.25) is 0 Å². The molecule has 0 bridgehead atoms. The summed E-state index contributed by atoms with van der Waals surface area (Å²) in [5.74, 6) is 1.01. The maximum Gasteiger partial charge on any atom is 0.241 e. The van der Waals surface area contributed by atoms with E-state index in [4.69, 9.17) is 4.43 Å². The van der Waals surface area contributed by atoms with Crippen LogP contribution < -0.4 is 0 Å². The second kappa shape index (κ2) is 3.79. The molecule has 0 atom stereocenters. The minimum atomic E-state index is -1.40. The molecule has 0 saturated carbocycles. The van der Waals surface area contributed by atoms with Crippen LogP contribution in [0.5, 0.6) is 0 Å². The van der Waals surface area contributed by atoms with E-state index in [1.165, 1.54) is 0 Å². The Kier molecular flexibility index (Phi) is 3.78. The molecule has 0 heterocycles. The fraction of sp³-hybridized carbons (Fsp3) is 0.778. The highest BCUT2D eigenvalue weighted by Crippen LogP contribution is 2.19. The molecule has 0 aromatic carbocycles. The molecule has 0 saturated heterocycles. The summed E-state index contributed by atoms with van der Waals surface area (Å²) in [6.07, 6.45) is 0. The third-order valence-corrected chi connectivity index (χ3v) is 3.53. The third-order valence-electron chi connectivity index (χ3n) is 1.18. The van der Waals surface area contributed by atoms with Crippen LogP contribution >= 0.6 is 0 Å². The van der Waals surface area contributed by atoms with Gasteiger partial charge in [-0.1, -0.05) is 26.2 Å². The monoisotopic (exact) mass is 202 g/mol. The second-order valence-electron chi connectivity index (χ2n) is 5.49. The van der Waals surface area contributed by atoms with Crippen LogP contribution in [0.2, 0.25) is 45.3 Å². The van der Waals surface area contributed by atoms with Crippen LogP contribution in [0.1, 0.15) is 0 Å². The highest BCUT2D eigenvalue weighted by Gasteiger charge is 2.21. The summed E-state index contributed by atoms with van der Waals surface area (Å²) in [5, 5.41) is 0. The summed E-state index contributed by atoms with van der Waals surface area (Å²) in [7, 11) is -2.42. The van der Waals surface area contributed by atoms with Gasteiger partial charge in [-0.2, -0.15) is 0 Å². The largest absolute Gasteiger partial charge is 0.548 e. The zero-order valence-corrected chi connectivity index (χ0v) is 11.3. The Hall–Kier alpha value is -0.0262. The predicted octanol–water partition coefficient (Wildman–Crippen LogP) is 3.69. The average Bonchev–Trinajstić information content (AvgIpc) is 1.49. The van der Waals surface area contributed by atoms with Crippen LogP contribution in [0.4, 0.5) is 0 Å². The van der Waals surface area contributed by atoms with Gasteiger partial charge in [-0.05, 0) is 25.7 Å². The summed E-state index contributed by atoms with van der Waals surface area (Å²) in [6.45, 7) is 17.6. The summed E-state index contributed by atoms with van der Waals surface area (Å²) < 4.78 is 5.79. The van der Waals surface area contributed by atoms with Crippen molar-refractivity contribution in [2.45, 2.75) is 45.3 Å². The summed E-state index contributed by atoms with van der Waals surface area (Å²) in [6, 6.07) is 1.09. The lowest BCUT2D eigenvalue weighted by molar-refractivity contribution is 0.425. The molecule has 0 aliphatic carbocycles. The van der Waals surface area contributed by atoms with Crippen molar-refractivity contribution in [1.29, 1.82) is 0 Å². The fourth-order valence-corrected chi connectivity index (χ4v) is 3.40. The first-order valence-corrected chi connectivity index (χ1v) is 11.6. The van der Waals surface area contributed by atoms with E-state index in [0.29, 0.717) is 0 Å². The number of hydrogen-bond donors (Lipinski definition) is 0. The minimum Gasteiger partial charge on any atom is -0.548 e. The molecule has 0 rings (SSSR count). The van der Waals surface area contributed by atoms with Crippen molar-refractivity contribution in [3.63, 3.8) is 0 Å². The minimum absolute atomic E-state index is 1.01. The molecule has 0 aliphatic rings. The van der Waals surface area contributed by atoms with E-state index < -0.39 is 16.4 Å². The van der Waals surface area contributed by atoms with Crippen LogP contribution in [0.25, 0.3) is 0 Å². The average molecular weight is 202 g/mol. The van der Waals surface area contributed by atoms with Crippen LogP contribution in [0.15, 0.2) is 12.3 Å². The molecule has 0 aliphatic heterocycles. The highest BCUT2D eigenvalue weighted by atomic mass is 28.4. The Morgan fingerprint density at radius 3 is 1.75 bits per heavy atom. The number of rotatable bonds is 4. The van der Waals surface area contributed by atoms with Gasteiger partial charge in [0.1, 0.15) is 0 Å². The lowest BCUT2D eigenvalue weighted by Crippen LogP contribution is -2.28. The first-order chi connectivity index (χ1) is 5.10. The van der Waals surface area contributed by atoms with Crippen molar-refractivity contribution in [2.24, 2.45) is 0 Å². The van der Waals surface area contributed by atoms with Crippen LogP contribution in [0.3, 0.4) is 0 Å². The van der Waals surface area contributed by atoms with E-state index in [-0.39, 0.29) is 0 Å². The lowest BCUT2D eigenvalue weighted by atomic mass is 10.7. The molecule has 0 fully saturated rings. The van der Waals surface area contributed by atoms with E-state index in [1.807, 2.05) is 0 Å². The molecule has 0 aromatic rings. The van der Waals surface area contributed by atoms with Crippen molar-refractivity contribution in [1.82, 2.24) is 0 Å². The van der Waals surface area contributed by atoms with E-state index in [2.05, 4.69) is 45.9 Å². The SMILES string of the molecule is C=C(C[Si](C)(C)C)O[Si](C)(C)C. The highest BCUT2D eigenvalue weighted by molar-refractivity contribution is 6.76. The van der Waals surface area contributed by atoms with Gasteiger partial charge in [0.05, 0.1) is 13.8 Å². The Bertz CT molecular complexity index is 144. The van der Waals surface area contributed by atoms with E-state index in [9.17, 15) is 0 Å². The van der Waals surface area contributed by atoms with Crippen molar-refractivity contribution in [2.75, 3.05) is 0 Å². The van der Waals surface area contributed by atoms with Gasteiger partial charge in [0.25, 0.3) is 0 Å². The Labute approximate surface area is 79.0 Å². The molecule has 0 unspecified atom stereocenters.